The molecule has 5 rings (SSSR count). The van der Waals surface area contributed by atoms with E-state index in [1.54, 1.807) is 11.6 Å². The molecule has 1 aromatic heterocycles. The smallest absolute Gasteiger partial charge is 0.258 e. The Kier molecular flexibility index (Phi) is 4.36. The molecule has 0 spiro atoms. The highest BCUT2D eigenvalue weighted by atomic mass is 16.7. The minimum atomic E-state index is -0.484. The van der Waals surface area contributed by atoms with Gasteiger partial charge in [0.2, 0.25) is 12.7 Å². The second kappa shape index (κ2) is 7.10. The van der Waals surface area contributed by atoms with Gasteiger partial charge in [0.15, 0.2) is 11.5 Å². The average Bonchev–Trinajstić information content (AvgIpc) is 3.24. The Labute approximate surface area is 178 Å². The number of nitrogens with zero attached hydrogens (tertiary/aromatic N) is 2. The Hall–Kier alpha value is -3.92. The Balaban J connectivity index is 1.64. The van der Waals surface area contributed by atoms with Gasteiger partial charge in [-0.05, 0) is 42.2 Å². The molecule has 0 amide bonds. The molecule has 2 N–H and O–H groups in total. The van der Waals surface area contributed by atoms with Crippen molar-refractivity contribution in [2.45, 2.75) is 19.3 Å². The van der Waals surface area contributed by atoms with Crippen molar-refractivity contribution in [2.75, 3.05) is 6.79 Å². The van der Waals surface area contributed by atoms with Crippen LogP contribution in [0.5, 0.6) is 17.2 Å². The van der Waals surface area contributed by atoms with Gasteiger partial charge in [0.05, 0.1) is 16.7 Å². The first kappa shape index (κ1) is 19.1. The summed E-state index contributed by atoms with van der Waals surface area (Å²) in [7, 11) is 1.73. The van der Waals surface area contributed by atoms with Gasteiger partial charge in [-0.25, -0.2) is 0 Å². The average molecular weight is 415 g/mol. The van der Waals surface area contributed by atoms with Crippen molar-refractivity contribution in [2.24, 2.45) is 18.7 Å². The van der Waals surface area contributed by atoms with Gasteiger partial charge in [-0.2, -0.15) is 5.26 Å². The summed E-state index contributed by atoms with van der Waals surface area (Å²) in [5.74, 6) is 1.34. The van der Waals surface area contributed by atoms with E-state index in [2.05, 4.69) is 6.07 Å². The fourth-order valence-electron chi connectivity index (χ4n) is 4.59. The summed E-state index contributed by atoms with van der Waals surface area (Å²) in [5.41, 5.74) is 8.52. The van der Waals surface area contributed by atoms with Crippen molar-refractivity contribution in [3.05, 3.63) is 75.4 Å². The topological polar surface area (TPSA) is 99.5 Å². The van der Waals surface area contributed by atoms with E-state index in [0.717, 1.165) is 22.2 Å². The highest BCUT2D eigenvalue weighted by Crippen LogP contribution is 2.44. The zero-order chi connectivity index (χ0) is 21.7. The summed E-state index contributed by atoms with van der Waals surface area (Å²) < 4.78 is 18.3. The van der Waals surface area contributed by atoms with Crippen LogP contribution in [0.1, 0.15) is 24.0 Å². The molecule has 2 aromatic carbocycles. The van der Waals surface area contributed by atoms with Crippen LogP contribution in [0.4, 0.5) is 0 Å². The maximum absolute atomic E-state index is 13.4. The molecule has 2 aliphatic rings. The highest BCUT2D eigenvalue weighted by molar-refractivity contribution is 5.87. The number of pyridine rings is 1. The lowest BCUT2D eigenvalue weighted by molar-refractivity contribution is 0.174. The molecule has 0 bridgehead atoms. The maximum Gasteiger partial charge on any atom is 0.258 e. The molecule has 2 aliphatic heterocycles. The number of aromatic nitrogens is 1. The normalized spacial score (nSPS) is 17.8. The summed E-state index contributed by atoms with van der Waals surface area (Å²) in [4.78, 5) is 13.4. The lowest BCUT2D eigenvalue weighted by Gasteiger charge is -2.31. The molecule has 3 aromatic rings. The molecule has 156 valence electrons. The van der Waals surface area contributed by atoms with Crippen molar-refractivity contribution in [3.8, 4) is 23.3 Å². The van der Waals surface area contributed by atoms with E-state index < -0.39 is 5.92 Å². The summed E-state index contributed by atoms with van der Waals surface area (Å²) in [5, 5.41) is 10.7. The van der Waals surface area contributed by atoms with Gasteiger partial charge in [0.25, 0.3) is 5.56 Å². The molecule has 0 aliphatic carbocycles. The first-order valence-corrected chi connectivity index (χ1v) is 10.1. The van der Waals surface area contributed by atoms with E-state index in [0.29, 0.717) is 23.5 Å². The minimum absolute atomic E-state index is 0.0518. The first-order chi connectivity index (χ1) is 15.0. The third kappa shape index (κ3) is 2.91. The molecule has 0 saturated heterocycles. The largest absolute Gasteiger partial charge is 0.454 e. The van der Waals surface area contributed by atoms with Crippen LogP contribution >= 0.6 is 0 Å². The standard InChI is InChI=1S/C24H21N3O4/c1-13(9-14-7-8-18-19(10-14)30-12-29-18)20-16(11-25)23(26)31-22-15-5-3-4-6-17(15)27(2)24(28)21(20)22/h3-8,10,13,20H,9,12,26H2,1-2H3/t13-,20+/m0/s1. The Morgan fingerprint density at radius 1 is 1.23 bits per heavy atom. The van der Waals surface area contributed by atoms with E-state index in [1.807, 2.05) is 49.4 Å². The number of para-hydroxylation sites is 1. The fourth-order valence-corrected chi connectivity index (χ4v) is 4.59. The van der Waals surface area contributed by atoms with Crippen LogP contribution in [0.25, 0.3) is 10.9 Å². The van der Waals surface area contributed by atoms with E-state index in [-0.39, 0.29) is 29.7 Å². The van der Waals surface area contributed by atoms with Gasteiger partial charge < -0.3 is 24.5 Å². The van der Waals surface area contributed by atoms with Gasteiger partial charge in [-0.3, -0.25) is 4.79 Å². The second-order valence-electron chi connectivity index (χ2n) is 7.96. The van der Waals surface area contributed by atoms with Gasteiger partial charge in [0.1, 0.15) is 11.8 Å². The number of aryl methyl sites for hydroxylation is 1. The quantitative estimate of drug-likeness (QED) is 0.705. The molecular weight excluding hydrogens is 394 g/mol. The molecule has 3 heterocycles. The zero-order valence-electron chi connectivity index (χ0n) is 17.2. The van der Waals surface area contributed by atoms with Crippen molar-refractivity contribution < 1.29 is 14.2 Å². The van der Waals surface area contributed by atoms with Crippen LogP contribution in [0, 0.1) is 17.2 Å². The zero-order valence-corrected chi connectivity index (χ0v) is 17.2. The summed E-state index contributed by atoms with van der Waals surface area (Å²) >= 11 is 0. The van der Waals surface area contributed by atoms with E-state index >= 15 is 0 Å². The number of nitriles is 1. The lowest BCUT2D eigenvalue weighted by Crippen LogP contribution is -2.33. The van der Waals surface area contributed by atoms with Crippen LogP contribution in [-0.4, -0.2) is 11.4 Å². The van der Waals surface area contributed by atoms with Crippen LogP contribution in [0.15, 0.2) is 58.7 Å². The van der Waals surface area contributed by atoms with Crippen molar-refractivity contribution >= 4 is 10.9 Å². The van der Waals surface area contributed by atoms with Gasteiger partial charge in [-0.1, -0.05) is 25.1 Å². The number of rotatable bonds is 3. The van der Waals surface area contributed by atoms with Crippen LogP contribution in [-0.2, 0) is 13.5 Å². The Morgan fingerprint density at radius 3 is 2.81 bits per heavy atom. The summed E-state index contributed by atoms with van der Waals surface area (Å²) in [6.45, 7) is 2.23. The highest BCUT2D eigenvalue weighted by Gasteiger charge is 2.37. The third-order valence-corrected chi connectivity index (χ3v) is 6.07. The Bertz CT molecular complexity index is 1350. The minimum Gasteiger partial charge on any atom is -0.454 e. The SMILES string of the molecule is C[C@@H](Cc1ccc2c(c1)OCO2)[C@@H]1C(C#N)=C(N)Oc2c1c(=O)n(C)c1ccccc21. The molecule has 2 atom stereocenters. The van der Waals surface area contributed by atoms with Crippen molar-refractivity contribution in [3.63, 3.8) is 0 Å². The maximum atomic E-state index is 13.4. The summed E-state index contributed by atoms with van der Waals surface area (Å²) in [6.07, 6.45) is 0.620. The Morgan fingerprint density at radius 2 is 2.00 bits per heavy atom. The monoisotopic (exact) mass is 415 g/mol. The molecular formula is C24H21N3O4. The first-order valence-electron chi connectivity index (χ1n) is 10.1. The molecule has 7 nitrogen and oxygen atoms in total. The van der Waals surface area contributed by atoms with E-state index in [4.69, 9.17) is 19.9 Å². The predicted octanol–water partition coefficient (Wildman–Crippen LogP) is 3.32. The molecule has 0 radical (unpaired) electrons. The molecule has 0 fully saturated rings. The molecule has 0 unspecified atom stereocenters. The van der Waals surface area contributed by atoms with E-state index in [9.17, 15) is 10.1 Å². The summed E-state index contributed by atoms with van der Waals surface area (Å²) in [6, 6.07) is 15.5. The van der Waals surface area contributed by atoms with E-state index in [1.165, 1.54) is 0 Å². The number of hydrogen-bond acceptors (Lipinski definition) is 6. The number of fused-ring (bicyclic) bond motifs is 4. The predicted molar refractivity (Wildman–Crippen MR) is 115 cm³/mol. The van der Waals surface area contributed by atoms with Crippen LogP contribution in [0.3, 0.4) is 0 Å². The second-order valence-corrected chi connectivity index (χ2v) is 7.96. The van der Waals surface area contributed by atoms with Crippen LogP contribution in [0.2, 0.25) is 0 Å². The molecule has 0 saturated carbocycles. The number of allylic oxidation sites excluding steroid dienone is 1. The van der Waals surface area contributed by atoms with Gasteiger partial charge >= 0.3 is 0 Å². The van der Waals surface area contributed by atoms with Gasteiger partial charge in [-0.15, -0.1) is 0 Å². The number of benzene rings is 2. The molecule has 31 heavy (non-hydrogen) atoms. The van der Waals surface area contributed by atoms with Crippen molar-refractivity contribution in [1.29, 1.82) is 5.26 Å². The van der Waals surface area contributed by atoms with Crippen molar-refractivity contribution in [1.82, 2.24) is 4.57 Å². The van der Waals surface area contributed by atoms with Crippen LogP contribution < -0.4 is 25.5 Å². The molecule has 7 heteroatoms. The fraction of sp³-hybridized carbons (Fsp3) is 0.250. The number of ether oxygens (including phenoxy) is 3. The number of nitrogens with two attached hydrogens (primary N) is 1. The third-order valence-electron chi connectivity index (χ3n) is 6.07. The lowest BCUT2D eigenvalue weighted by atomic mass is 9.77. The van der Waals surface area contributed by atoms with Gasteiger partial charge in [0, 0.05) is 18.4 Å². The number of hydrogen-bond donors (Lipinski definition) is 1.